The molecule has 0 spiro atoms. The molecule has 1 heterocycles. The van der Waals surface area contributed by atoms with E-state index >= 15 is 0 Å². The Labute approximate surface area is 63.0 Å². The topological polar surface area (TPSA) is 21.3 Å². The van der Waals surface area contributed by atoms with Gasteiger partial charge in [0.15, 0.2) is 0 Å². The van der Waals surface area contributed by atoms with Crippen LogP contribution in [0.3, 0.4) is 0 Å². The number of nitrogens with one attached hydrogen (secondary N) is 1. The van der Waals surface area contributed by atoms with Gasteiger partial charge in [-0.25, -0.2) is 0 Å². The predicted octanol–water partition coefficient (Wildman–Crippen LogP) is 1.51. The van der Waals surface area contributed by atoms with Crippen molar-refractivity contribution in [2.75, 3.05) is 0 Å². The molecule has 0 amide bonds. The Morgan fingerprint density at radius 3 is 2.30 bits per heavy atom. The van der Waals surface area contributed by atoms with Crippen molar-refractivity contribution in [1.29, 1.82) is 0 Å². The Morgan fingerprint density at radius 2 is 2.10 bits per heavy atom. The molecule has 1 aliphatic rings. The Kier molecular flexibility index (Phi) is 2.02. The van der Waals surface area contributed by atoms with Gasteiger partial charge in [-0.15, -0.1) is 0 Å². The predicted molar refractivity (Wildman–Crippen MR) is 41.8 cm³/mol. The van der Waals surface area contributed by atoms with E-state index in [1.165, 1.54) is 0 Å². The lowest BCUT2D eigenvalue weighted by atomic mass is 10.1. The molecule has 1 fully saturated rings. The average Bonchev–Trinajstić information content (AvgIpc) is 2.05. The maximum atomic E-state index is 5.64. The second kappa shape index (κ2) is 2.51. The van der Waals surface area contributed by atoms with Crippen LogP contribution in [0, 0.1) is 0 Å². The van der Waals surface area contributed by atoms with Gasteiger partial charge in [-0.3, -0.25) is 5.32 Å². The zero-order valence-electron chi connectivity index (χ0n) is 7.27. The van der Waals surface area contributed by atoms with Crippen molar-refractivity contribution >= 4 is 0 Å². The van der Waals surface area contributed by atoms with E-state index < -0.39 is 0 Å². The number of ether oxygens (including phenoxy) is 1. The van der Waals surface area contributed by atoms with Crippen molar-refractivity contribution < 1.29 is 4.74 Å². The molecule has 1 rings (SSSR count). The minimum Gasteiger partial charge on any atom is -0.357 e. The largest absolute Gasteiger partial charge is 0.357 e. The third-order valence-corrected chi connectivity index (χ3v) is 2.02. The summed E-state index contributed by atoms with van der Waals surface area (Å²) < 4.78 is 5.64. The lowest BCUT2D eigenvalue weighted by Gasteiger charge is -2.17. The summed E-state index contributed by atoms with van der Waals surface area (Å²) >= 11 is 0. The molecule has 0 aromatic heterocycles. The standard InChI is InChI=1S/C8H17NO/c1-5-7-6(2)10-8(3,4)9-7/h6-7,9H,5H2,1-4H3. The first-order valence-electron chi connectivity index (χ1n) is 4.00. The Balaban J connectivity index is 2.52. The third kappa shape index (κ3) is 1.50. The monoisotopic (exact) mass is 143 g/mol. The lowest BCUT2D eigenvalue weighted by molar-refractivity contribution is -0.0171. The second-order valence-corrected chi connectivity index (χ2v) is 3.49. The van der Waals surface area contributed by atoms with E-state index in [1.54, 1.807) is 0 Å². The van der Waals surface area contributed by atoms with Crippen LogP contribution < -0.4 is 5.32 Å². The summed E-state index contributed by atoms with van der Waals surface area (Å²) in [6, 6.07) is 0.537. The van der Waals surface area contributed by atoms with Gasteiger partial charge in [0.2, 0.25) is 0 Å². The number of rotatable bonds is 1. The van der Waals surface area contributed by atoms with E-state index in [-0.39, 0.29) is 5.72 Å². The Hall–Kier alpha value is -0.0800. The fraction of sp³-hybridized carbons (Fsp3) is 1.00. The molecule has 1 N–H and O–H groups in total. The van der Waals surface area contributed by atoms with Crippen molar-refractivity contribution in [2.45, 2.75) is 52.0 Å². The van der Waals surface area contributed by atoms with Crippen LogP contribution in [0.25, 0.3) is 0 Å². The van der Waals surface area contributed by atoms with E-state index in [1.807, 2.05) is 0 Å². The maximum Gasteiger partial charge on any atom is 0.114 e. The van der Waals surface area contributed by atoms with Crippen LogP contribution in [0.15, 0.2) is 0 Å². The first-order chi connectivity index (χ1) is 4.55. The second-order valence-electron chi connectivity index (χ2n) is 3.49. The molecule has 1 saturated heterocycles. The van der Waals surface area contributed by atoms with E-state index in [0.29, 0.717) is 12.1 Å². The van der Waals surface area contributed by atoms with Crippen LogP contribution in [-0.2, 0) is 4.74 Å². The van der Waals surface area contributed by atoms with Crippen molar-refractivity contribution in [1.82, 2.24) is 5.32 Å². The number of hydrogen-bond acceptors (Lipinski definition) is 2. The van der Waals surface area contributed by atoms with Gasteiger partial charge in [-0.2, -0.15) is 0 Å². The molecule has 10 heavy (non-hydrogen) atoms. The highest BCUT2D eigenvalue weighted by Crippen LogP contribution is 2.21. The molecule has 2 atom stereocenters. The van der Waals surface area contributed by atoms with E-state index in [4.69, 9.17) is 4.74 Å². The molecule has 2 heteroatoms. The molecule has 0 radical (unpaired) electrons. The summed E-state index contributed by atoms with van der Waals surface area (Å²) in [6.45, 7) is 8.44. The molecule has 0 aromatic rings. The summed E-state index contributed by atoms with van der Waals surface area (Å²) in [5.74, 6) is 0. The van der Waals surface area contributed by atoms with Gasteiger partial charge >= 0.3 is 0 Å². The highest BCUT2D eigenvalue weighted by Gasteiger charge is 2.35. The van der Waals surface area contributed by atoms with Crippen molar-refractivity contribution in [3.63, 3.8) is 0 Å². The van der Waals surface area contributed by atoms with Crippen molar-refractivity contribution in [3.8, 4) is 0 Å². The normalized spacial score (nSPS) is 38.4. The van der Waals surface area contributed by atoms with Gasteiger partial charge in [0.1, 0.15) is 5.72 Å². The quantitative estimate of drug-likeness (QED) is 0.600. The fourth-order valence-electron chi connectivity index (χ4n) is 1.58. The van der Waals surface area contributed by atoms with Crippen LogP contribution >= 0.6 is 0 Å². The van der Waals surface area contributed by atoms with E-state index in [0.717, 1.165) is 6.42 Å². The molecule has 0 aliphatic carbocycles. The Bertz CT molecular complexity index is 122. The summed E-state index contributed by atoms with van der Waals surface area (Å²) in [5.41, 5.74) is -0.111. The van der Waals surface area contributed by atoms with Crippen molar-refractivity contribution in [2.24, 2.45) is 0 Å². The van der Waals surface area contributed by atoms with Gasteiger partial charge < -0.3 is 4.74 Å². The molecule has 1 aliphatic heterocycles. The first kappa shape index (κ1) is 8.02. The van der Waals surface area contributed by atoms with Crippen LogP contribution in [0.2, 0.25) is 0 Å². The maximum absolute atomic E-state index is 5.64. The van der Waals surface area contributed by atoms with E-state index in [2.05, 4.69) is 33.0 Å². The SMILES string of the molecule is CCC1NC(C)(C)OC1C. The zero-order valence-corrected chi connectivity index (χ0v) is 7.27. The minimum absolute atomic E-state index is 0.111. The van der Waals surface area contributed by atoms with Crippen LogP contribution in [0.5, 0.6) is 0 Å². The van der Waals surface area contributed by atoms with Gasteiger partial charge in [-0.05, 0) is 27.2 Å². The van der Waals surface area contributed by atoms with Crippen molar-refractivity contribution in [3.05, 3.63) is 0 Å². The average molecular weight is 143 g/mol. The molecule has 2 unspecified atom stereocenters. The van der Waals surface area contributed by atoms with Crippen LogP contribution in [0.4, 0.5) is 0 Å². The molecule has 2 nitrogen and oxygen atoms in total. The van der Waals surface area contributed by atoms with Crippen LogP contribution in [0.1, 0.15) is 34.1 Å². The molecule has 0 bridgehead atoms. The molecular weight excluding hydrogens is 126 g/mol. The highest BCUT2D eigenvalue weighted by atomic mass is 16.5. The van der Waals surface area contributed by atoms with Gasteiger partial charge in [0.25, 0.3) is 0 Å². The molecule has 0 saturated carbocycles. The summed E-state index contributed by atoms with van der Waals surface area (Å²) in [5, 5.41) is 3.41. The molecular formula is C8H17NO. The van der Waals surface area contributed by atoms with Gasteiger partial charge in [0, 0.05) is 6.04 Å². The third-order valence-electron chi connectivity index (χ3n) is 2.02. The molecule has 0 aromatic carbocycles. The smallest absolute Gasteiger partial charge is 0.114 e. The number of hydrogen-bond donors (Lipinski definition) is 1. The van der Waals surface area contributed by atoms with Gasteiger partial charge in [-0.1, -0.05) is 6.92 Å². The highest BCUT2D eigenvalue weighted by molar-refractivity contribution is 4.86. The summed E-state index contributed by atoms with van der Waals surface area (Å²) in [7, 11) is 0. The van der Waals surface area contributed by atoms with Gasteiger partial charge in [0.05, 0.1) is 6.10 Å². The minimum atomic E-state index is -0.111. The Morgan fingerprint density at radius 1 is 1.50 bits per heavy atom. The summed E-state index contributed by atoms with van der Waals surface area (Å²) in [4.78, 5) is 0. The summed E-state index contributed by atoms with van der Waals surface area (Å²) in [6.07, 6.45) is 1.50. The fourth-order valence-corrected chi connectivity index (χ4v) is 1.58. The first-order valence-corrected chi connectivity index (χ1v) is 4.00. The molecule has 60 valence electrons. The lowest BCUT2D eigenvalue weighted by Crippen LogP contribution is -2.38. The van der Waals surface area contributed by atoms with E-state index in [9.17, 15) is 0 Å². The zero-order chi connectivity index (χ0) is 7.78. The van der Waals surface area contributed by atoms with Crippen LogP contribution in [-0.4, -0.2) is 17.9 Å².